The fourth-order valence-electron chi connectivity index (χ4n) is 3.06. The summed E-state index contributed by atoms with van der Waals surface area (Å²) in [6.45, 7) is 4.33. The number of rotatable bonds is 6. The number of aromatic nitrogens is 1. The first-order valence-electron chi connectivity index (χ1n) is 10.3. The monoisotopic (exact) mass is 511 g/mol. The van der Waals surface area contributed by atoms with E-state index in [-0.39, 0.29) is 11.3 Å². The van der Waals surface area contributed by atoms with E-state index < -0.39 is 9.44 Å². The van der Waals surface area contributed by atoms with E-state index >= 15 is 0 Å². The first-order chi connectivity index (χ1) is 16.1. The van der Waals surface area contributed by atoms with Crippen LogP contribution in [0.2, 0.25) is 0 Å². The van der Waals surface area contributed by atoms with Gasteiger partial charge in [0.15, 0.2) is 3.54 Å². The van der Waals surface area contributed by atoms with Crippen LogP contribution in [-0.2, 0) is 4.79 Å². The van der Waals surface area contributed by atoms with Crippen LogP contribution in [0.5, 0.6) is 0 Å². The van der Waals surface area contributed by atoms with E-state index in [1.165, 1.54) is 6.21 Å². The number of allylic oxidation sites excluding steroid dienone is 1. The van der Waals surface area contributed by atoms with Crippen molar-refractivity contribution < 1.29 is 4.79 Å². The zero-order valence-electron chi connectivity index (χ0n) is 18.6. The van der Waals surface area contributed by atoms with E-state index in [9.17, 15) is 4.79 Å². The number of hydrogen-bond donors (Lipinski definition) is 7. The third-order valence-electron chi connectivity index (χ3n) is 4.66. The maximum Gasteiger partial charge on any atom is 0.258 e. The van der Waals surface area contributed by atoms with Gasteiger partial charge in [0.1, 0.15) is 5.84 Å². The maximum atomic E-state index is 13.5. The zero-order chi connectivity index (χ0) is 24.9. The summed E-state index contributed by atoms with van der Waals surface area (Å²) in [6.07, 6.45) is 6.39. The van der Waals surface area contributed by atoms with Crippen molar-refractivity contribution in [2.75, 3.05) is 17.6 Å². The lowest BCUT2D eigenvalue weighted by molar-refractivity contribution is -0.111. The van der Waals surface area contributed by atoms with E-state index in [0.29, 0.717) is 40.6 Å². The summed E-state index contributed by atoms with van der Waals surface area (Å²) >= 11 is 12.4. The second-order valence-electron chi connectivity index (χ2n) is 7.33. The van der Waals surface area contributed by atoms with Crippen molar-refractivity contribution in [3.63, 3.8) is 0 Å². The topological polar surface area (TPSA) is 129 Å². The Morgan fingerprint density at radius 3 is 2.68 bits per heavy atom. The predicted molar refractivity (Wildman–Crippen MR) is 151 cm³/mol. The Morgan fingerprint density at radius 2 is 2.03 bits per heavy atom. The van der Waals surface area contributed by atoms with Crippen LogP contribution in [0.3, 0.4) is 0 Å². The molecule has 2 aromatic rings. The molecule has 0 bridgehead atoms. The van der Waals surface area contributed by atoms with Gasteiger partial charge >= 0.3 is 0 Å². The number of amides is 1. The molecule has 11 heteroatoms. The number of nitrogens with two attached hydrogens (primary N) is 1. The molecule has 0 atom stereocenters. The minimum atomic E-state index is -1.17. The van der Waals surface area contributed by atoms with Crippen LogP contribution >= 0.6 is 37.9 Å². The molecule has 0 radical (unpaired) electrons. The summed E-state index contributed by atoms with van der Waals surface area (Å²) in [4.78, 5) is 26.3. The Kier molecular flexibility index (Phi) is 8.24. The van der Waals surface area contributed by atoms with Gasteiger partial charge in [-0.2, -0.15) is 0 Å². The Labute approximate surface area is 214 Å². The molecule has 2 heterocycles. The SMILES string of the molecule is CCN=C1C=CC(=N)/C(=C(\C(=O)Nc2ccc(N)c(C=NC(S)(S)S)c2)c2ccc(C)nc2)N1. The molecule has 0 aliphatic carbocycles. The normalized spacial score (nSPS) is 16.6. The summed E-state index contributed by atoms with van der Waals surface area (Å²) in [5, 5.41) is 14.4. The molecule has 0 spiro atoms. The van der Waals surface area contributed by atoms with Crippen molar-refractivity contribution >= 4 is 78.5 Å². The van der Waals surface area contributed by atoms with Crippen molar-refractivity contribution in [3.05, 3.63) is 71.2 Å². The van der Waals surface area contributed by atoms with Gasteiger partial charge in [-0.25, -0.2) is 0 Å². The highest BCUT2D eigenvalue weighted by atomic mass is 32.2. The number of hydrogen-bond acceptors (Lipinski definition) is 9. The molecule has 5 N–H and O–H groups in total. The van der Waals surface area contributed by atoms with Gasteiger partial charge in [-0.15, -0.1) is 37.9 Å². The van der Waals surface area contributed by atoms with E-state index in [1.807, 2.05) is 19.9 Å². The largest absolute Gasteiger partial charge is 0.398 e. The Hall–Kier alpha value is -3.02. The lowest BCUT2D eigenvalue weighted by Gasteiger charge is -2.20. The summed E-state index contributed by atoms with van der Waals surface area (Å²) in [5.74, 6) is 0.141. The molecule has 0 saturated carbocycles. The number of carbonyl (C=O) groups excluding carboxylic acids is 1. The Morgan fingerprint density at radius 1 is 1.26 bits per heavy atom. The van der Waals surface area contributed by atoms with Gasteiger partial charge < -0.3 is 16.4 Å². The number of nitrogens with one attached hydrogen (secondary N) is 3. The van der Waals surface area contributed by atoms with Gasteiger partial charge in [-0.05, 0) is 50.3 Å². The molecule has 1 aromatic heterocycles. The van der Waals surface area contributed by atoms with Gasteiger partial charge in [0.05, 0.1) is 17.0 Å². The number of aliphatic imine (C=N–C) groups is 2. The second kappa shape index (κ2) is 10.9. The van der Waals surface area contributed by atoms with Crippen LogP contribution in [0.4, 0.5) is 11.4 Å². The second-order valence-corrected chi connectivity index (χ2v) is 10.3. The van der Waals surface area contributed by atoms with Gasteiger partial charge in [0.2, 0.25) is 0 Å². The van der Waals surface area contributed by atoms with Crippen LogP contribution in [0.25, 0.3) is 5.57 Å². The fourth-order valence-corrected chi connectivity index (χ4v) is 3.23. The van der Waals surface area contributed by atoms with E-state index in [4.69, 9.17) is 11.1 Å². The lowest BCUT2D eigenvalue weighted by atomic mass is 9.99. The van der Waals surface area contributed by atoms with Crippen LogP contribution < -0.4 is 16.4 Å². The van der Waals surface area contributed by atoms with Crippen molar-refractivity contribution in [2.24, 2.45) is 9.98 Å². The van der Waals surface area contributed by atoms with Crippen molar-refractivity contribution in [3.8, 4) is 0 Å². The molecule has 176 valence electrons. The Bertz CT molecular complexity index is 1230. The summed E-state index contributed by atoms with van der Waals surface area (Å²) < 4.78 is -1.17. The maximum absolute atomic E-state index is 13.5. The van der Waals surface area contributed by atoms with Crippen LogP contribution in [0.15, 0.2) is 64.4 Å². The van der Waals surface area contributed by atoms with Crippen molar-refractivity contribution in [1.29, 1.82) is 5.41 Å². The first kappa shape index (κ1) is 25.6. The summed E-state index contributed by atoms with van der Waals surface area (Å²) in [7, 11) is 0. The molecule has 1 amide bonds. The average Bonchev–Trinajstić information content (AvgIpc) is 2.77. The van der Waals surface area contributed by atoms with Crippen molar-refractivity contribution in [1.82, 2.24) is 10.3 Å². The number of aryl methyl sites for hydroxylation is 1. The third-order valence-corrected chi connectivity index (χ3v) is 5.00. The highest BCUT2D eigenvalue weighted by molar-refractivity contribution is 8.16. The smallest absolute Gasteiger partial charge is 0.258 e. The number of carbonyl (C=O) groups is 1. The molecule has 0 fully saturated rings. The van der Waals surface area contributed by atoms with Gasteiger partial charge in [0, 0.05) is 47.2 Å². The number of amidine groups is 1. The van der Waals surface area contributed by atoms with Gasteiger partial charge in [0.25, 0.3) is 5.91 Å². The number of thiol groups is 3. The summed E-state index contributed by atoms with van der Waals surface area (Å²) in [5.41, 5.74) is 9.67. The van der Waals surface area contributed by atoms with Crippen LogP contribution in [0, 0.1) is 12.3 Å². The van der Waals surface area contributed by atoms with E-state index in [0.717, 1.165) is 5.69 Å². The molecular weight excluding hydrogens is 487 g/mol. The molecule has 1 aliphatic heterocycles. The van der Waals surface area contributed by atoms with E-state index in [2.05, 4.69) is 63.5 Å². The number of nitrogen functional groups attached to an aromatic ring is 1. The molecule has 1 aliphatic rings. The highest BCUT2D eigenvalue weighted by Gasteiger charge is 2.23. The zero-order valence-corrected chi connectivity index (χ0v) is 21.3. The van der Waals surface area contributed by atoms with Gasteiger partial charge in [-0.3, -0.25) is 25.2 Å². The molecule has 1 aromatic carbocycles. The molecule has 0 saturated heterocycles. The van der Waals surface area contributed by atoms with Crippen LogP contribution in [-0.4, -0.2) is 38.7 Å². The Balaban J connectivity index is 2.03. The number of benzene rings is 1. The first-order valence-corrected chi connectivity index (χ1v) is 11.6. The summed E-state index contributed by atoms with van der Waals surface area (Å²) in [6, 6.07) is 8.62. The molecule has 8 nitrogen and oxygen atoms in total. The lowest BCUT2D eigenvalue weighted by Crippen LogP contribution is -2.32. The highest BCUT2D eigenvalue weighted by Crippen LogP contribution is 2.27. The van der Waals surface area contributed by atoms with Crippen molar-refractivity contribution in [2.45, 2.75) is 17.4 Å². The number of nitrogens with zero attached hydrogens (tertiary/aromatic N) is 3. The third kappa shape index (κ3) is 6.75. The standard InChI is InChI=1S/C23H25N7OS3/c1-3-26-19-9-8-18(25)21(30-19)20(14-5-4-13(2)27-11-14)22(31)29-16-6-7-17(24)15(10-16)12-28-23(32,33)34/h4-12,25,32-34H,3,24H2,1-2H3,(H,26,30)(H,29,31)/b21-20+,25-18?,28-12?. The molecular formula is C23H25N7OS3. The predicted octanol–water partition coefficient (Wildman–Crippen LogP) is 3.74. The van der Waals surface area contributed by atoms with Gasteiger partial charge in [-0.1, -0.05) is 6.07 Å². The average molecular weight is 512 g/mol. The van der Waals surface area contributed by atoms with Crippen LogP contribution in [0.1, 0.15) is 23.7 Å². The number of pyridine rings is 1. The quantitative estimate of drug-likeness (QED) is 0.105. The minimum Gasteiger partial charge on any atom is -0.398 e. The fraction of sp³-hybridized carbons (Fsp3) is 0.174. The molecule has 34 heavy (non-hydrogen) atoms. The number of anilines is 2. The minimum absolute atomic E-state index is 0.151. The molecule has 0 unspecified atom stereocenters. The molecule has 3 rings (SSSR count). The van der Waals surface area contributed by atoms with E-state index in [1.54, 1.807) is 42.6 Å².